The van der Waals surface area contributed by atoms with Gasteiger partial charge < -0.3 is 15.4 Å². The molecular formula is C14H22N4O. The Bertz CT molecular complexity index is 426. The normalized spacial score (nSPS) is 19.8. The number of hydrogen-bond donors (Lipinski definition) is 2. The van der Waals surface area contributed by atoms with Crippen molar-refractivity contribution in [2.75, 3.05) is 19.0 Å². The van der Waals surface area contributed by atoms with Gasteiger partial charge in [0.15, 0.2) is 0 Å². The zero-order valence-corrected chi connectivity index (χ0v) is 11.5. The van der Waals surface area contributed by atoms with E-state index in [2.05, 4.69) is 20.6 Å². The van der Waals surface area contributed by atoms with Crippen molar-refractivity contribution in [2.24, 2.45) is 0 Å². The van der Waals surface area contributed by atoms with E-state index in [4.69, 9.17) is 4.74 Å². The highest BCUT2D eigenvalue weighted by molar-refractivity contribution is 5.40. The van der Waals surface area contributed by atoms with Gasteiger partial charge in [-0.25, -0.2) is 4.98 Å². The third kappa shape index (κ3) is 2.81. The Morgan fingerprint density at radius 3 is 2.84 bits per heavy atom. The van der Waals surface area contributed by atoms with Crippen LogP contribution >= 0.6 is 0 Å². The number of nitrogens with one attached hydrogen (secondary N) is 2. The predicted molar refractivity (Wildman–Crippen MR) is 74.5 cm³/mol. The first-order chi connectivity index (χ1) is 9.36. The van der Waals surface area contributed by atoms with Crippen molar-refractivity contribution in [2.45, 2.75) is 51.1 Å². The molecule has 2 aliphatic rings. The minimum Gasteiger partial charge on any atom is -0.481 e. The van der Waals surface area contributed by atoms with Gasteiger partial charge in [0.1, 0.15) is 0 Å². The summed E-state index contributed by atoms with van der Waals surface area (Å²) in [6.45, 7) is 1.79. The van der Waals surface area contributed by atoms with Crippen LogP contribution in [-0.4, -0.2) is 29.7 Å². The maximum absolute atomic E-state index is 5.41. The van der Waals surface area contributed by atoms with E-state index in [-0.39, 0.29) is 0 Å². The highest BCUT2D eigenvalue weighted by atomic mass is 16.5. The molecule has 5 heteroatoms. The number of ether oxygens (including phenoxy) is 1. The topological polar surface area (TPSA) is 59.1 Å². The Labute approximate surface area is 114 Å². The van der Waals surface area contributed by atoms with Gasteiger partial charge in [-0.15, -0.1) is 0 Å². The second kappa shape index (κ2) is 5.74. The Morgan fingerprint density at radius 2 is 2.05 bits per heavy atom. The summed E-state index contributed by atoms with van der Waals surface area (Å²) in [6.07, 6.45) is 7.38. The van der Waals surface area contributed by atoms with E-state index in [0.29, 0.717) is 6.04 Å². The van der Waals surface area contributed by atoms with Gasteiger partial charge in [0.2, 0.25) is 11.8 Å². The molecule has 1 saturated carbocycles. The molecule has 1 aliphatic heterocycles. The molecule has 0 radical (unpaired) electrons. The lowest BCUT2D eigenvalue weighted by molar-refractivity contribution is 0.385. The average molecular weight is 262 g/mol. The summed E-state index contributed by atoms with van der Waals surface area (Å²) in [4.78, 5) is 9.19. The summed E-state index contributed by atoms with van der Waals surface area (Å²) in [5.74, 6) is 1.46. The third-order valence-corrected chi connectivity index (χ3v) is 4.03. The van der Waals surface area contributed by atoms with Crippen molar-refractivity contribution in [1.29, 1.82) is 0 Å². The Balaban J connectivity index is 1.81. The Hall–Kier alpha value is -1.36. The van der Waals surface area contributed by atoms with E-state index in [0.717, 1.165) is 42.6 Å². The monoisotopic (exact) mass is 262 g/mol. The van der Waals surface area contributed by atoms with Crippen LogP contribution in [0.4, 0.5) is 5.95 Å². The van der Waals surface area contributed by atoms with Crippen molar-refractivity contribution in [3.63, 3.8) is 0 Å². The molecule has 1 aliphatic carbocycles. The number of hydrogen-bond acceptors (Lipinski definition) is 5. The van der Waals surface area contributed by atoms with E-state index < -0.39 is 0 Å². The van der Waals surface area contributed by atoms with Crippen LogP contribution in [0.2, 0.25) is 0 Å². The quantitative estimate of drug-likeness (QED) is 0.871. The maximum Gasteiger partial charge on any atom is 0.226 e. The molecule has 0 spiro atoms. The molecule has 2 N–H and O–H groups in total. The zero-order chi connectivity index (χ0) is 13.1. The lowest BCUT2D eigenvalue weighted by Gasteiger charge is -2.24. The predicted octanol–water partition coefficient (Wildman–Crippen LogP) is 1.88. The summed E-state index contributed by atoms with van der Waals surface area (Å²) in [5, 5.41) is 6.82. The van der Waals surface area contributed by atoms with E-state index in [1.54, 1.807) is 7.11 Å². The van der Waals surface area contributed by atoms with Crippen LogP contribution in [0.3, 0.4) is 0 Å². The smallest absolute Gasteiger partial charge is 0.226 e. The van der Waals surface area contributed by atoms with Gasteiger partial charge in [0.05, 0.1) is 12.8 Å². The average Bonchev–Trinajstić information content (AvgIpc) is 2.47. The lowest BCUT2D eigenvalue weighted by atomic mass is 9.96. The van der Waals surface area contributed by atoms with E-state index in [9.17, 15) is 0 Å². The Morgan fingerprint density at radius 1 is 1.21 bits per heavy atom. The number of anilines is 1. The van der Waals surface area contributed by atoms with Crippen LogP contribution in [0, 0.1) is 0 Å². The van der Waals surface area contributed by atoms with Crippen molar-refractivity contribution in [3.8, 4) is 5.88 Å². The molecule has 0 aromatic carbocycles. The van der Waals surface area contributed by atoms with Crippen molar-refractivity contribution in [1.82, 2.24) is 15.3 Å². The molecule has 0 unspecified atom stereocenters. The van der Waals surface area contributed by atoms with E-state index in [1.807, 2.05) is 0 Å². The van der Waals surface area contributed by atoms with Gasteiger partial charge in [-0.3, -0.25) is 0 Å². The maximum atomic E-state index is 5.41. The number of fused-ring (bicyclic) bond motifs is 1. The van der Waals surface area contributed by atoms with Crippen LogP contribution in [0.1, 0.15) is 43.4 Å². The fourth-order valence-electron chi connectivity index (χ4n) is 2.97. The summed E-state index contributed by atoms with van der Waals surface area (Å²) >= 11 is 0. The van der Waals surface area contributed by atoms with Crippen molar-refractivity contribution in [3.05, 3.63) is 11.3 Å². The largest absolute Gasteiger partial charge is 0.481 e. The molecule has 2 heterocycles. The summed E-state index contributed by atoms with van der Waals surface area (Å²) < 4.78 is 5.41. The molecule has 0 saturated heterocycles. The number of aromatic nitrogens is 2. The van der Waals surface area contributed by atoms with Gasteiger partial charge >= 0.3 is 0 Å². The molecule has 0 amide bonds. The molecule has 1 fully saturated rings. The molecule has 5 nitrogen and oxygen atoms in total. The van der Waals surface area contributed by atoms with Gasteiger partial charge in [0, 0.05) is 31.1 Å². The molecular weight excluding hydrogens is 240 g/mol. The second-order valence-corrected chi connectivity index (χ2v) is 5.39. The van der Waals surface area contributed by atoms with Gasteiger partial charge in [-0.2, -0.15) is 4.98 Å². The highest BCUT2D eigenvalue weighted by Crippen LogP contribution is 2.25. The van der Waals surface area contributed by atoms with Gasteiger partial charge in [0.25, 0.3) is 0 Å². The van der Waals surface area contributed by atoms with Crippen molar-refractivity contribution >= 4 is 5.95 Å². The van der Waals surface area contributed by atoms with E-state index >= 15 is 0 Å². The number of nitrogens with zero attached hydrogens (tertiary/aromatic N) is 2. The third-order valence-electron chi connectivity index (χ3n) is 4.03. The molecule has 19 heavy (non-hydrogen) atoms. The van der Waals surface area contributed by atoms with Gasteiger partial charge in [-0.05, 0) is 12.8 Å². The fraction of sp³-hybridized carbons (Fsp3) is 0.714. The standard InChI is InChI=1S/C14H22N4O/c1-19-13-11-9-15-8-7-12(11)17-14(18-13)16-10-5-3-2-4-6-10/h10,15H,2-9H2,1H3,(H,16,17,18). The minimum absolute atomic E-state index is 0.526. The number of methoxy groups -OCH3 is 1. The molecule has 3 rings (SSSR count). The lowest BCUT2D eigenvalue weighted by Crippen LogP contribution is -2.28. The molecule has 104 valence electrons. The first-order valence-corrected chi connectivity index (χ1v) is 7.28. The molecule has 1 aromatic rings. The first kappa shape index (κ1) is 12.7. The van der Waals surface area contributed by atoms with Gasteiger partial charge in [-0.1, -0.05) is 19.3 Å². The SMILES string of the molecule is COc1nc(NC2CCCCC2)nc2c1CNCC2. The minimum atomic E-state index is 0.526. The van der Waals surface area contributed by atoms with Crippen LogP contribution in [0.15, 0.2) is 0 Å². The zero-order valence-electron chi connectivity index (χ0n) is 11.5. The summed E-state index contributed by atoms with van der Waals surface area (Å²) in [6, 6.07) is 0.526. The number of rotatable bonds is 3. The van der Waals surface area contributed by atoms with Crippen LogP contribution in [0.5, 0.6) is 5.88 Å². The molecule has 0 atom stereocenters. The first-order valence-electron chi connectivity index (χ1n) is 7.28. The summed E-state index contributed by atoms with van der Waals surface area (Å²) in [7, 11) is 1.68. The Kier molecular flexibility index (Phi) is 3.82. The van der Waals surface area contributed by atoms with E-state index in [1.165, 1.54) is 32.1 Å². The van der Waals surface area contributed by atoms with Crippen LogP contribution < -0.4 is 15.4 Å². The molecule has 0 bridgehead atoms. The fourth-order valence-corrected chi connectivity index (χ4v) is 2.97. The van der Waals surface area contributed by atoms with Crippen LogP contribution in [-0.2, 0) is 13.0 Å². The molecule has 1 aromatic heterocycles. The highest BCUT2D eigenvalue weighted by Gasteiger charge is 2.20. The van der Waals surface area contributed by atoms with Crippen molar-refractivity contribution < 1.29 is 4.74 Å². The second-order valence-electron chi connectivity index (χ2n) is 5.39. The van der Waals surface area contributed by atoms with Crippen LogP contribution in [0.25, 0.3) is 0 Å². The summed E-state index contributed by atoms with van der Waals surface area (Å²) in [5.41, 5.74) is 2.24.